The molecule has 1 aromatic carbocycles. The molecule has 0 aliphatic carbocycles. The molecule has 5 nitrogen and oxygen atoms in total. The van der Waals surface area contributed by atoms with Gasteiger partial charge in [0, 0.05) is 32.7 Å². The second-order valence-corrected chi connectivity index (χ2v) is 6.94. The van der Waals surface area contributed by atoms with Crippen molar-refractivity contribution in [2.45, 2.75) is 38.3 Å². The minimum absolute atomic E-state index is 0.0308. The van der Waals surface area contributed by atoms with Crippen LogP contribution in [-0.4, -0.2) is 67.3 Å². The molecule has 1 unspecified atom stereocenters. The molecule has 144 valence electrons. The molecular weight excluding hydrogens is 342 g/mol. The van der Waals surface area contributed by atoms with Gasteiger partial charge in [-0.2, -0.15) is 8.78 Å². The SMILES string of the molecule is CCN1CCN(C(=O)CCc2ccc(OC(F)F)cc2)CC12CCOC2. The second-order valence-electron chi connectivity index (χ2n) is 6.94. The molecular formula is C19H26F2N2O3. The van der Waals surface area contributed by atoms with E-state index in [2.05, 4.69) is 16.6 Å². The van der Waals surface area contributed by atoms with Crippen molar-refractivity contribution in [2.24, 2.45) is 0 Å². The van der Waals surface area contributed by atoms with E-state index < -0.39 is 6.61 Å². The van der Waals surface area contributed by atoms with Gasteiger partial charge in [-0.15, -0.1) is 0 Å². The lowest BCUT2D eigenvalue weighted by molar-refractivity contribution is -0.137. The van der Waals surface area contributed by atoms with E-state index in [0.717, 1.165) is 44.8 Å². The molecule has 26 heavy (non-hydrogen) atoms. The number of aryl methyl sites for hydroxylation is 1. The summed E-state index contributed by atoms with van der Waals surface area (Å²) in [6.07, 6.45) is 1.97. The summed E-state index contributed by atoms with van der Waals surface area (Å²) in [6.45, 7) is 4.09. The van der Waals surface area contributed by atoms with Crippen molar-refractivity contribution in [2.75, 3.05) is 39.4 Å². The Morgan fingerprint density at radius 2 is 2.08 bits per heavy atom. The van der Waals surface area contributed by atoms with Crippen molar-refractivity contribution in [1.29, 1.82) is 0 Å². The number of likely N-dealkylation sites (N-methyl/N-ethyl adjacent to an activating group) is 1. The molecule has 1 amide bonds. The lowest BCUT2D eigenvalue weighted by atomic mass is 9.92. The minimum Gasteiger partial charge on any atom is -0.435 e. The Bertz CT molecular complexity index is 603. The normalized spacial score (nSPS) is 23.8. The molecule has 0 aromatic heterocycles. The minimum atomic E-state index is -2.82. The van der Waals surface area contributed by atoms with Gasteiger partial charge < -0.3 is 14.4 Å². The quantitative estimate of drug-likeness (QED) is 0.774. The van der Waals surface area contributed by atoms with Crippen LogP contribution in [-0.2, 0) is 16.0 Å². The monoisotopic (exact) mass is 368 g/mol. The zero-order valence-electron chi connectivity index (χ0n) is 15.1. The van der Waals surface area contributed by atoms with Gasteiger partial charge in [-0.3, -0.25) is 9.69 Å². The van der Waals surface area contributed by atoms with Crippen molar-refractivity contribution < 1.29 is 23.0 Å². The van der Waals surface area contributed by atoms with Crippen molar-refractivity contribution >= 4 is 5.91 Å². The smallest absolute Gasteiger partial charge is 0.387 e. The molecule has 3 rings (SSSR count). The van der Waals surface area contributed by atoms with Crippen LogP contribution >= 0.6 is 0 Å². The molecule has 2 heterocycles. The highest BCUT2D eigenvalue weighted by molar-refractivity contribution is 5.76. The van der Waals surface area contributed by atoms with Gasteiger partial charge >= 0.3 is 6.61 Å². The first-order valence-electron chi connectivity index (χ1n) is 9.17. The predicted molar refractivity (Wildman–Crippen MR) is 93.4 cm³/mol. The van der Waals surface area contributed by atoms with Gasteiger partial charge in [-0.1, -0.05) is 19.1 Å². The summed E-state index contributed by atoms with van der Waals surface area (Å²) in [6, 6.07) is 6.48. The molecule has 0 bridgehead atoms. The summed E-state index contributed by atoms with van der Waals surface area (Å²) < 4.78 is 34.3. The van der Waals surface area contributed by atoms with Gasteiger partial charge in [-0.05, 0) is 37.1 Å². The number of amides is 1. The first-order chi connectivity index (χ1) is 12.5. The first kappa shape index (κ1) is 19.0. The third-order valence-corrected chi connectivity index (χ3v) is 5.39. The van der Waals surface area contributed by atoms with Gasteiger partial charge in [-0.25, -0.2) is 0 Å². The number of hydrogen-bond acceptors (Lipinski definition) is 4. The summed E-state index contributed by atoms with van der Waals surface area (Å²) in [4.78, 5) is 17.1. The van der Waals surface area contributed by atoms with E-state index in [-0.39, 0.29) is 17.2 Å². The van der Waals surface area contributed by atoms with Crippen molar-refractivity contribution in [3.8, 4) is 5.75 Å². The van der Waals surface area contributed by atoms with Crippen LogP contribution in [0, 0.1) is 0 Å². The number of nitrogens with zero attached hydrogens (tertiary/aromatic N) is 2. The third kappa shape index (κ3) is 4.32. The van der Waals surface area contributed by atoms with Crippen LogP contribution in [0.3, 0.4) is 0 Å². The van der Waals surface area contributed by atoms with Crippen molar-refractivity contribution in [3.63, 3.8) is 0 Å². The number of alkyl halides is 2. The van der Waals surface area contributed by atoms with Crippen LogP contribution in [0.2, 0.25) is 0 Å². The zero-order valence-corrected chi connectivity index (χ0v) is 15.1. The highest BCUT2D eigenvalue weighted by Crippen LogP contribution is 2.30. The van der Waals surface area contributed by atoms with E-state index in [1.54, 1.807) is 12.1 Å². The van der Waals surface area contributed by atoms with E-state index in [1.807, 2.05) is 4.90 Å². The molecule has 2 fully saturated rings. The molecule has 1 atom stereocenters. The number of carbonyl (C=O) groups excluding carboxylic acids is 1. The van der Waals surface area contributed by atoms with Crippen molar-refractivity contribution in [3.05, 3.63) is 29.8 Å². The average Bonchev–Trinajstić information content (AvgIpc) is 3.09. The first-order valence-corrected chi connectivity index (χ1v) is 9.17. The molecule has 0 radical (unpaired) electrons. The second kappa shape index (κ2) is 8.31. The average molecular weight is 368 g/mol. The molecule has 7 heteroatoms. The van der Waals surface area contributed by atoms with Crippen LogP contribution in [0.25, 0.3) is 0 Å². The molecule has 1 spiro atoms. The Hall–Kier alpha value is -1.73. The van der Waals surface area contributed by atoms with E-state index in [4.69, 9.17) is 4.74 Å². The number of hydrogen-bond donors (Lipinski definition) is 0. The lowest BCUT2D eigenvalue weighted by Crippen LogP contribution is -2.63. The maximum atomic E-state index is 12.7. The molecule has 0 N–H and O–H groups in total. The maximum absolute atomic E-state index is 12.7. The fourth-order valence-corrected chi connectivity index (χ4v) is 3.94. The van der Waals surface area contributed by atoms with E-state index in [0.29, 0.717) is 19.4 Å². The number of benzene rings is 1. The standard InChI is InChI=1S/C19H26F2N2O3/c1-2-23-11-10-22(13-19(23)9-12-25-14-19)17(24)8-5-15-3-6-16(7-4-15)26-18(20)21/h3-4,6-7,18H,2,5,8-14H2,1H3. The lowest BCUT2D eigenvalue weighted by Gasteiger charge is -2.48. The summed E-state index contributed by atoms with van der Waals surface area (Å²) in [7, 11) is 0. The highest BCUT2D eigenvalue weighted by Gasteiger charge is 2.44. The molecule has 0 saturated carbocycles. The fourth-order valence-electron chi connectivity index (χ4n) is 3.94. The summed E-state index contributed by atoms with van der Waals surface area (Å²) >= 11 is 0. The molecule has 2 aliphatic heterocycles. The van der Waals surface area contributed by atoms with Crippen molar-refractivity contribution in [1.82, 2.24) is 9.80 Å². The fraction of sp³-hybridized carbons (Fsp3) is 0.632. The van der Waals surface area contributed by atoms with Crippen LogP contribution in [0.15, 0.2) is 24.3 Å². The zero-order chi connectivity index (χ0) is 18.6. The summed E-state index contributed by atoms with van der Waals surface area (Å²) in [5.74, 6) is 0.272. The summed E-state index contributed by atoms with van der Waals surface area (Å²) in [5, 5.41) is 0. The van der Waals surface area contributed by atoms with Gasteiger partial charge in [0.05, 0.1) is 12.1 Å². The van der Waals surface area contributed by atoms with E-state index in [1.165, 1.54) is 12.1 Å². The predicted octanol–water partition coefficient (Wildman–Crippen LogP) is 2.54. The Morgan fingerprint density at radius 3 is 2.69 bits per heavy atom. The molecule has 1 aromatic rings. The number of piperazine rings is 1. The maximum Gasteiger partial charge on any atom is 0.387 e. The Labute approximate surface area is 152 Å². The van der Waals surface area contributed by atoms with Gasteiger partial charge in [0.15, 0.2) is 0 Å². The Balaban J connectivity index is 1.53. The number of ether oxygens (including phenoxy) is 2. The van der Waals surface area contributed by atoms with E-state index >= 15 is 0 Å². The van der Waals surface area contributed by atoms with E-state index in [9.17, 15) is 13.6 Å². The van der Waals surface area contributed by atoms with Gasteiger partial charge in [0.2, 0.25) is 5.91 Å². The largest absolute Gasteiger partial charge is 0.435 e. The number of carbonyl (C=O) groups is 1. The number of halogens is 2. The highest BCUT2D eigenvalue weighted by atomic mass is 19.3. The topological polar surface area (TPSA) is 42.0 Å². The van der Waals surface area contributed by atoms with Crippen LogP contribution in [0.5, 0.6) is 5.75 Å². The summed E-state index contributed by atoms with van der Waals surface area (Å²) in [5.41, 5.74) is 0.905. The van der Waals surface area contributed by atoms with Gasteiger partial charge in [0.1, 0.15) is 5.75 Å². The van der Waals surface area contributed by atoms with Gasteiger partial charge in [0.25, 0.3) is 0 Å². The third-order valence-electron chi connectivity index (χ3n) is 5.39. The van der Waals surface area contributed by atoms with Crippen LogP contribution in [0.1, 0.15) is 25.3 Å². The molecule has 2 aliphatic rings. The Kier molecular flexibility index (Phi) is 6.09. The van der Waals surface area contributed by atoms with Crippen LogP contribution in [0.4, 0.5) is 8.78 Å². The van der Waals surface area contributed by atoms with Crippen LogP contribution < -0.4 is 4.74 Å². The number of rotatable bonds is 6. The molecule has 2 saturated heterocycles. The Morgan fingerprint density at radius 1 is 1.31 bits per heavy atom.